The van der Waals surface area contributed by atoms with Crippen LogP contribution in [0.5, 0.6) is 5.75 Å². The summed E-state index contributed by atoms with van der Waals surface area (Å²) in [6, 6.07) is 11.9. The fourth-order valence-corrected chi connectivity index (χ4v) is 4.74. The Hall–Kier alpha value is -2.31. The van der Waals surface area contributed by atoms with Crippen molar-refractivity contribution >= 4 is 20.7 Å². The molecule has 0 radical (unpaired) electrons. The van der Waals surface area contributed by atoms with Crippen LogP contribution < -0.4 is 4.74 Å². The molecule has 26 heavy (non-hydrogen) atoms. The summed E-state index contributed by atoms with van der Waals surface area (Å²) in [5, 5.41) is 0.869. The maximum atomic E-state index is 13.2. The van der Waals surface area contributed by atoms with Crippen LogP contribution in [0.4, 0.5) is 0 Å². The van der Waals surface area contributed by atoms with Crippen molar-refractivity contribution in [1.29, 1.82) is 0 Å². The fourth-order valence-electron chi connectivity index (χ4n) is 3.22. The first-order valence-corrected chi connectivity index (χ1v) is 9.94. The summed E-state index contributed by atoms with van der Waals surface area (Å²) >= 11 is 0. The van der Waals surface area contributed by atoms with Gasteiger partial charge in [0.2, 0.25) is 9.84 Å². The zero-order chi connectivity index (χ0) is 18.9. The third-order valence-corrected chi connectivity index (χ3v) is 6.32. The number of benzene rings is 2. The molecule has 0 amide bonds. The monoisotopic (exact) mass is 372 g/mol. The van der Waals surface area contributed by atoms with Gasteiger partial charge in [-0.2, -0.15) is 0 Å². The molecule has 3 rings (SSSR count). The third-order valence-electron chi connectivity index (χ3n) is 4.52. The molecule has 0 unspecified atom stereocenters. The molecule has 1 heterocycles. The molecule has 2 aromatic carbocycles. The standard InChI is InChI=1S/C20H24N2O3S/c1-21(2)13-12-15-14-22(3)20-18(11-10-17(25-4)19(15)20)26(23,24)16-8-6-5-7-9-16/h5-11,14H,12-13H2,1-4H3. The minimum atomic E-state index is -3.62. The average Bonchev–Trinajstić information content (AvgIpc) is 2.97. The van der Waals surface area contributed by atoms with Crippen molar-refractivity contribution in [2.75, 3.05) is 27.7 Å². The Morgan fingerprint density at radius 1 is 1.08 bits per heavy atom. The summed E-state index contributed by atoms with van der Waals surface area (Å²) in [5.41, 5.74) is 1.76. The minimum Gasteiger partial charge on any atom is -0.496 e. The number of hydrogen-bond acceptors (Lipinski definition) is 4. The summed E-state index contributed by atoms with van der Waals surface area (Å²) < 4.78 is 33.9. The molecule has 0 bridgehead atoms. The number of fused-ring (bicyclic) bond motifs is 1. The van der Waals surface area contributed by atoms with Gasteiger partial charge in [-0.3, -0.25) is 0 Å². The largest absolute Gasteiger partial charge is 0.496 e. The number of methoxy groups -OCH3 is 1. The third kappa shape index (κ3) is 3.22. The SMILES string of the molecule is COc1ccc(S(=O)(=O)c2ccccc2)c2c1c(CCN(C)C)cn2C. The van der Waals surface area contributed by atoms with Crippen LogP contribution in [0.15, 0.2) is 58.5 Å². The lowest BCUT2D eigenvalue weighted by atomic mass is 10.1. The van der Waals surface area contributed by atoms with E-state index in [4.69, 9.17) is 4.74 Å². The van der Waals surface area contributed by atoms with E-state index < -0.39 is 9.84 Å². The van der Waals surface area contributed by atoms with Crippen LogP contribution in [0.25, 0.3) is 10.9 Å². The van der Waals surface area contributed by atoms with Crippen molar-refractivity contribution in [3.05, 3.63) is 54.2 Å². The van der Waals surface area contributed by atoms with E-state index in [1.54, 1.807) is 43.5 Å². The van der Waals surface area contributed by atoms with Gasteiger partial charge in [-0.1, -0.05) is 18.2 Å². The molecule has 0 aliphatic heterocycles. The molecule has 0 atom stereocenters. The molecule has 3 aromatic rings. The highest BCUT2D eigenvalue weighted by Gasteiger charge is 2.25. The fraction of sp³-hybridized carbons (Fsp3) is 0.300. The van der Waals surface area contributed by atoms with Gasteiger partial charge in [0.15, 0.2) is 0 Å². The lowest BCUT2D eigenvalue weighted by Gasteiger charge is -2.12. The molecule has 0 N–H and O–H groups in total. The molecule has 0 saturated heterocycles. The lowest BCUT2D eigenvalue weighted by Crippen LogP contribution is -2.14. The van der Waals surface area contributed by atoms with E-state index in [0.29, 0.717) is 21.1 Å². The number of rotatable bonds is 6. The predicted molar refractivity (Wildman–Crippen MR) is 104 cm³/mol. The number of nitrogens with zero attached hydrogens (tertiary/aromatic N) is 2. The smallest absolute Gasteiger partial charge is 0.208 e. The predicted octanol–water partition coefficient (Wildman–Crippen LogP) is 3.12. The second kappa shape index (κ2) is 7.13. The molecule has 1 aromatic heterocycles. The number of sulfone groups is 1. The van der Waals surface area contributed by atoms with Gasteiger partial charge in [-0.15, -0.1) is 0 Å². The molecule has 5 nitrogen and oxygen atoms in total. The lowest BCUT2D eigenvalue weighted by molar-refractivity contribution is 0.411. The van der Waals surface area contributed by atoms with Crippen LogP contribution in [0.2, 0.25) is 0 Å². The van der Waals surface area contributed by atoms with Gasteiger partial charge in [0.25, 0.3) is 0 Å². The maximum Gasteiger partial charge on any atom is 0.208 e. The molecular weight excluding hydrogens is 348 g/mol. The van der Waals surface area contributed by atoms with E-state index >= 15 is 0 Å². The Morgan fingerprint density at radius 3 is 2.38 bits per heavy atom. The second-order valence-electron chi connectivity index (χ2n) is 6.62. The van der Waals surface area contributed by atoms with E-state index in [0.717, 1.165) is 23.9 Å². The number of hydrogen-bond donors (Lipinski definition) is 0. The highest BCUT2D eigenvalue weighted by Crippen LogP contribution is 2.37. The van der Waals surface area contributed by atoms with Crippen molar-refractivity contribution in [3.63, 3.8) is 0 Å². The number of likely N-dealkylation sites (N-methyl/N-ethyl adjacent to an activating group) is 1. The molecule has 0 fully saturated rings. The van der Waals surface area contributed by atoms with Crippen molar-refractivity contribution in [2.24, 2.45) is 7.05 Å². The minimum absolute atomic E-state index is 0.294. The van der Waals surface area contributed by atoms with Crippen molar-refractivity contribution in [3.8, 4) is 5.75 Å². The number of aromatic nitrogens is 1. The molecule has 138 valence electrons. The summed E-state index contributed by atoms with van der Waals surface area (Å²) in [6.07, 6.45) is 2.82. The van der Waals surface area contributed by atoms with Gasteiger partial charge in [0, 0.05) is 25.2 Å². The van der Waals surface area contributed by atoms with Gasteiger partial charge >= 0.3 is 0 Å². The van der Waals surface area contributed by atoms with E-state index in [1.165, 1.54) is 0 Å². The van der Waals surface area contributed by atoms with E-state index in [9.17, 15) is 8.42 Å². The van der Waals surface area contributed by atoms with Crippen LogP contribution >= 0.6 is 0 Å². The Kier molecular flexibility index (Phi) is 5.07. The number of aryl methyl sites for hydroxylation is 1. The van der Waals surface area contributed by atoms with Crippen LogP contribution in [-0.2, 0) is 23.3 Å². The highest BCUT2D eigenvalue weighted by atomic mass is 32.2. The summed E-state index contributed by atoms with van der Waals surface area (Å²) in [4.78, 5) is 2.70. The van der Waals surface area contributed by atoms with Gasteiger partial charge in [-0.05, 0) is 50.3 Å². The molecule has 0 saturated carbocycles. The summed E-state index contributed by atoms with van der Waals surface area (Å²) in [5.74, 6) is 0.696. The quantitative estimate of drug-likeness (QED) is 0.667. The molecule has 0 aliphatic carbocycles. The van der Waals surface area contributed by atoms with Crippen LogP contribution in [0.1, 0.15) is 5.56 Å². The van der Waals surface area contributed by atoms with Crippen molar-refractivity contribution < 1.29 is 13.2 Å². The van der Waals surface area contributed by atoms with Gasteiger partial charge in [0.1, 0.15) is 5.75 Å². The second-order valence-corrected chi connectivity index (χ2v) is 8.54. The summed E-state index contributed by atoms with van der Waals surface area (Å²) in [6.45, 7) is 0.873. The molecule has 0 spiro atoms. The first-order valence-electron chi connectivity index (χ1n) is 8.46. The van der Waals surface area contributed by atoms with Crippen molar-refractivity contribution in [2.45, 2.75) is 16.2 Å². The molecule has 6 heteroatoms. The van der Waals surface area contributed by atoms with Crippen molar-refractivity contribution in [1.82, 2.24) is 9.47 Å². The van der Waals surface area contributed by atoms with E-state index in [-0.39, 0.29) is 0 Å². The number of ether oxygens (including phenoxy) is 1. The van der Waals surface area contributed by atoms with E-state index in [1.807, 2.05) is 38.0 Å². The van der Waals surface area contributed by atoms with Crippen LogP contribution in [-0.4, -0.2) is 45.6 Å². The maximum absolute atomic E-state index is 13.2. The Bertz CT molecular complexity index is 1020. The van der Waals surface area contributed by atoms with Crippen LogP contribution in [0.3, 0.4) is 0 Å². The molecule has 0 aliphatic rings. The summed E-state index contributed by atoms with van der Waals surface area (Å²) in [7, 11) is 3.92. The topological polar surface area (TPSA) is 51.5 Å². The Morgan fingerprint density at radius 2 is 1.77 bits per heavy atom. The van der Waals surface area contributed by atoms with Gasteiger partial charge in [0.05, 0.1) is 22.4 Å². The zero-order valence-electron chi connectivity index (χ0n) is 15.6. The highest BCUT2D eigenvalue weighted by molar-refractivity contribution is 7.91. The van der Waals surface area contributed by atoms with Crippen LogP contribution in [0, 0.1) is 0 Å². The molecular formula is C20H24N2O3S. The first kappa shape index (κ1) is 18.5. The zero-order valence-corrected chi connectivity index (χ0v) is 16.4. The Labute approximate surface area is 154 Å². The Balaban J connectivity index is 2.26. The van der Waals surface area contributed by atoms with Gasteiger partial charge in [-0.25, -0.2) is 8.42 Å². The van der Waals surface area contributed by atoms with E-state index in [2.05, 4.69) is 4.90 Å². The first-order chi connectivity index (χ1) is 12.4. The normalized spacial score (nSPS) is 12.0. The van der Waals surface area contributed by atoms with Gasteiger partial charge < -0.3 is 14.2 Å². The average molecular weight is 372 g/mol.